The Kier molecular flexibility index (Phi) is 3.25. The SMILES string of the molecule is OC(c1ccc2c(c1)COC2)c1cc(Br)cc2c1OCC2. The second-order valence-corrected chi connectivity index (χ2v) is 6.42. The van der Waals surface area contributed by atoms with Crippen LogP contribution < -0.4 is 4.74 Å². The maximum atomic E-state index is 10.8. The molecule has 108 valence electrons. The summed E-state index contributed by atoms with van der Waals surface area (Å²) in [6.07, 6.45) is 0.215. The summed E-state index contributed by atoms with van der Waals surface area (Å²) in [5, 5.41) is 10.8. The van der Waals surface area contributed by atoms with Gasteiger partial charge in [0.1, 0.15) is 11.9 Å². The van der Waals surface area contributed by atoms with Gasteiger partial charge >= 0.3 is 0 Å². The van der Waals surface area contributed by atoms with Crippen LogP contribution in [0.5, 0.6) is 5.75 Å². The molecule has 0 aliphatic carbocycles. The molecular weight excluding hydrogens is 332 g/mol. The number of benzene rings is 2. The monoisotopic (exact) mass is 346 g/mol. The van der Waals surface area contributed by atoms with Crippen LogP contribution >= 0.6 is 15.9 Å². The van der Waals surface area contributed by atoms with Crippen molar-refractivity contribution in [3.63, 3.8) is 0 Å². The third-order valence-electron chi connectivity index (χ3n) is 4.13. The molecule has 0 saturated heterocycles. The Labute approximate surface area is 131 Å². The van der Waals surface area contributed by atoms with Gasteiger partial charge in [-0.25, -0.2) is 0 Å². The molecule has 2 aliphatic rings. The Balaban J connectivity index is 1.77. The van der Waals surface area contributed by atoms with Crippen LogP contribution in [0.3, 0.4) is 0 Å². The lowest BCUT2D eigenvalue weighted by Crippen LogP contribution is -2.03. The van der Waals surface area contributed by atoms with Crippen LogP contribution in [0.2, 0.25) is 0 Å². The molecule has 3 nitrogen and oxygen atoms in total. The third-order valence-corrected chi connectivity index (χ3v) is 4.59. The fourth-order valence-electron chi connectivity index (χ4n) is 3.04. The molecule has 0 spiro atoms. The van der Waals surface area contributed by atoms with Crippen LogP contribution in [0.25, 0.3) is 0 Å². The van der Waals surface area contributed by atoms with Gasteiger partial charge in [0.25, 0.3) is 0 Å². The summed E-state index contributed by atoms with van der Waals surface area (Å²) in [4.78, 5) is 0. The number of hydrogen-bond donors (Lipinski definition) is 1. The summed E-state index contributed by atoms with van der Waals surface area (Å²) in [6.45, 7) is 1.98. The fourth-order valence-corrected chi connectivity index (χ4v) is 3.57. The minimum Gasteiger partial charge on any atom is -0.493 e. The van der Waals surface area contributed by atoms with Gasteiger partial charge in [-0.3, -0.25) is 0 Å². The quantitative estimate of drug-likeness (QED) is 0.904. The molecule has 2 aliphatic heterocycles. The molecule has 4 heteroatoms. The molecule has 0 aromatic heterocycles. The van der Waals surface area contributed by atoms with E-state index < -0.39 is 6.10 Å². The first-order valence-electron chi connectivity index (χ1n) is 7.05. The molecule has 2 heterocycles. The molecular formula is C17H15BrO3. The molecule has 0 saturated carbocycles. The van der Waals surface area contributed by atoms with Crippen LogP contribution in [0.15, 0.2) is 34.8 Å². The maximum absolute atomic E-state index is 10.8. The standard InChI is InChI=1S/C17H15BrO3/c18-14-6-11-3-4-21-17(11)15(7-14)16(19)10-1-2-12-8-20-9-13(12)5-10/h1-2,5-7,16,19H,3-4,8-9H2. The van der Waals surface area contributed by atoms with E-state index in [0.717, 1.165) is 33.3 Å². The van der Waals surface area contributed by atoms with Crippen molar-refractivity contribution in [3.8, 4) is 5.75 Å². The van der Waals surface area contributed by atoms with Gasteiger partial charge < -0.3 is 14.6 Å². The Morgan fingerprint density at radius 2 is 1.90 bits per heavy atom. The molecule has 0 amide bonds. The first-order valence-corrected chi connectivity index (χ1v) is 7.84. The summed E-state index contributed by atoms with van der Waals surface area (Å²) < 4.78 is 12.1. The highest BCUT2D eigenvalue weighted by Gasteiger charge is 2.24. The van der Waals surface area contributed by atoms with Crippen molar-refractivity contribution >= 4 is 15.9 Å². The predicted octanol–water partition coefficient (Wildman–Crippen LogP) is 3.50. The van der Waals surface area contributed by atoms with E-state index in [1.807, 2.05) is 24.3 Å². The molecule has 1 unspecified atom stereocenters. The zero-order chi connectivity index (χ0) is 14.4. The molecule has 0 bridgehead atoms. The van der Waals surface area contributed by atoms with Gasteiger partial charge in [0.15, 0.2) is 0 Å². The van der Waals surface area contributed by atoms with E-state index in [2.05, 4.69) is 22.0 Å². The van der Waals surface area contributed by atoms with Gasteiger partial charge in [-0.15, -0.1) is 0 Å². The number of aliphatic hydroxyl groups is 1. The first kappa shape index (κ1) is 13.3. The van der Waals surface area contributed by atoms with Crippen molar-refractivity contribution < 1.29 is 14.6 Å². The van der Waals surface area contributed by atoms with Crippen molar-refractivity contribution in [3.05, 3.63) is 62.6 Å². The Hall–Kier alpha value is -1.36. The Morgan fingerprint density at radius 1 is 1.05 bits per heavy atom. The summed E-state index contributed by atoms with van der Waals surface area (Å²) >= 11 is 3.52. The zero-order valence-electron chi connectivity index (χ0n) is 11.4. The molecule has 1 atom stereocenters. The molecule has 21 heavy (non-hydrogen) atoms. The molecule has 2 aromatic rings. The van der Waals surface area contributed by atoms with Crippen LogP contribution in [0.4, 0.5) is 0 Å². The van der Waals surface area contributed by atoms with E-state index in [0.29, 0.717) is 19.8 Å². The number of hydrogen-bond acceptors (Lipinski definition) is 3. The van der Waals surface area contributed by atoms with Crippen molar-refractivity contribution in [2.45, 2.75) is 25.7 Å². The summed E-state index contributed by atoms with van der Waals surface area (Å²) in [7, 11) is 0. The van der Waals surface area contributed by atoms with E-state index >= 15 is 0 Å². The summed E-state index contributed by atoms with van der Waals surface area (Å²) in [5.74, 6) is 0.836. The Morgan fingerprint density at radius 3 is 2.81 bits per heavy atom. The maximum Gasteiger partial charge on any atom is 0.128 e. The van der Waals surface area contributed by atoms with Crippen molar-refractivity contribution in [2.24, 2.45) is 0 Å². The molecule has 1 N–H and O–H groups in total. The van der Waals surface area contributed by atoms with Gasteiger partial charge in [-0.1, -0.05) is 34.1 Å². The summed E-state index contributed by atoms with van der Waals surface area (Å²) in [6, 6.07) is 10.1. The fraction of sp³-hybridized carbons (Fsp3) is 0.294. The van der Waals surface area contributed by atoms with Crippen LogP contribution in [0, 0.1) is 0 Å². The highest BCUT2D eigenvalue weighted by Crippen LogP contribution is 2.39. The largest absolute Gasteiger partial charge is 0.493 e. The normalized spacial score (nSPS) is 17.2. The van der Waals surface area contributed by atoms with Gasteiger partial charge in [-0.05, 0) is 34.4 Å². The second kappa shape index (κ2) is 5.13. The highest BCUT2D eigenvalue weighted by molar-refractivity contribution is 9.10. The average Bonchev–Trinajstić information content (AvgIpc) is 3.12. The zero-order valence-corrected chi connectivity index (χ0v) is 13.0. The summed E-state index contributed by atoms with van der Waals surface area (Å²) in [5.41, 5.74) is 5.24. The minimum atomic E-state index is -0.680. The Bertz CT molecular complexity index is 711. The van der Waals surface area contributed by atoms with Crippen molar-refractivity contribution in [1.82, 2.24) is 0 Å². The van der Waals surface area contributed by atoms with Gasteiger partial charge in [-0.2, -0.15) is 0 Å². The second-order valence-electron chi connectivity index (χ2n) is 5.51. The van der Waals surface area contributed by atoms with Crippen molar-refractivity contribution in [1.29, 1.82) is 0 Å². The van der Waals surface area contributed by atoms with Crippen LogP contribution in [-0.4, -0.2) is 11.7 Å². The molecule has 4 rings (SSSR count). The smallest absolute Gasteiger partial charge is 0.128 e. The van der Waals surface area contributed by atoms with Crippen molar-refractivity contribution in [2.75, 3.05) is 6.61 Å². The number of rotatable bonds is 2. The van der Waals surface area contributed by atoms with E-state index in [-0.39, 0.29) is 0 Å². The number of fused-ring (bicyclic) bond motifs is 2. The average molecular weight is 347 g/mol. The molecule has 2 aromatic carbocycles. The van der Waals surface area contributed by atoms with Gasteiger partial charge in [0.2, 0.25) is 0 Å². The predicted molar refractivity (Wildman–Crippen MR) is 82.3 cm³/mol. The van der Waals surface area contributed by atoms with Crippen LogP contribution in [0.1, 0.15) is 33.9 Å². The lowest BCUT2D eigenvalue weighted by Gasteiger charge is -2.16. The van der Waals surface area contributed by atoms with E-state index in [4.69, 9.17) is 9.47 Å². The molecule has 0 fully saturated rings. The van der Waals surface area contributed by atoms with E-state index in [9.17, 15) is 5.11 Å². The molecule has 0 radical (unpaired) electrons. The number of aliphatic hydroxyl groups excluding tert-OH is 1. The lowest BCUT2D eigenvalue weighted by atomic mass is 9.96. The lowest BCUT2D eigenvalue weighted by molar-refractivity contribution is 0.134. The van der Waals surface area contributed by atoms with Gasteiger partial charge in [0.05, 0.1) is 19.8 Å². The number of ether oxygens (including phenoxy) is 2. The topological polar surface area (TPSA) is 38.7 Å². The van der Waals surface area contributed by atoms with Crippen LogP contribution in [-0.2, 0) is 24.4 Å². The first-order chi connectivity index (χ1) is 10.2. The van der Waals surface area contributed by atoms with E-state index in [1.165, 1.54) is 11.1 Å². The minimum absolute atomic E-state index is 0.628. The van der Waals surface area contributed by atoms with E-state index in [1.54, 1.807) is 0 Å². The third kappa shape index (κ3) is 2.27. The number of halogens is 1. The highest BCUT2D eigenvalue weighted by atomic mass is 79.9. The van der Waals surface area contributed by atoms with Gasteiger partial charge in [0, 0.05) is 16.5 Å².